The van der Waals surface area contributed by atoms with Gasteiger partial charge in [0.1, 0.15) is 0 Å². The van der Waals surface area contributed by atoms with Crippen molar-refractivity contribution in [2.75, 3.05) is 0 Å². The topological polar surface area (TPSA) is 52.0 Å². The van der Waals surface area contributed by atoms with Gasteiger partial charge in [-0.3, -0.25) is 0 Å². The van der Waals surface area contributed by atoms with E-state index in [4.69, 9.17) is 11.5 Å². The molecule has 0 rings (SSSR count). The van der Waals surface area contributed by atoms with Crippen molar-refractivity contribution in [3.63, 3.8) is 0 Å². The van der Waals surface area contributed by atoms with Crippen LogP contribution < -0.4 is 11.5 Å². The predicted octanol–water partition coefficient (Wildman–Crippen LogP) is 6.01. The Morgan fingerprint density at radius 1 is 0.571 bits per heavy atom. The molecule has 0 aromatic carbocycles. The van der Waals surface area contributed by atoms with Crippen LogP contribution in [0.4, 0.5) is 0 Å². The highest BCUT2D eigenvalue weighted by atomic mass is 14.8. The van der Waals surface area contributed by atoms with E-state index in [0.717, 1.165) is 12.0 Å². The summed E-state index contributed by atoms with van der Waals surface area (Å²) in [5, 5.41) is 0. The van der Waals surface area contributed by atoms with Crippen LogP contribution in [0.5, 0.6) is 0 Å². The summed E-state index contributed by atoms with van der Waals surface area (Å²) in [6, 6.07) is 0. The lowest BCUT2D eigenvalue weighted by atomic mass is 10.0. The first-order chi connectivity index (χ1) is 10.2. The molecular weight excluding hydrogens is 256 g/mol. The fourth-order valence-corrected chi connectivity index (χ4v) is 2.73. The molecule has 126 valence electrons. The molecule has 0 aliphatic rings. The molecule has 0 aromatic heterocycles. The van der Waals surface area contributed by atoms with E-state index in [9.17, 15) is 0 Å². The Labute approximate surface area is 133 Å². The molecule has 0 aliphatic carbocycles. The van der Waals surface area contributed by atoms with E-state index < -0.39 is 0 Å². The largest absolute Gasteiger partial charge is 0.386 e. The quantitative estimate of drug-likeness (QED) is 0.364. The highest BCUT2D eigenvalue weighted by molar-refractivity contribution is 5.03. The molecule has 2 nitrogen and oxygen atoms in total. The van der Waals surface area contributed by atoms with Crippen molar-refractivity contribution in [1.29, 1.82) is 0 Å². The van der Waals surface area contributed by atoms with Gasteiger partial charge in [-0.25, -0.2) is 0 Å². The first-order valence-corrected chi connectivity index (χ1v) is 9.39. The lowest BCUT2D eigenvalue weighted by molar-refractivity contribution is 0.535. The van der Waals surface area contributed by atoms with Crippen molar-refractivity contribution in [2.24, 2.45) is 11.5 Å². The molecule has 0 amide bonds. The summed E-state index contributed by atoms with van der Waals surface area (Å²) >= 11 is 0. The molecule has 0 radical (unpaired) electrons. The van der Waals surface area contributed by atoms with Crippen molar-refractivity contribution in [3.05, 3.63) is 11.4 Å². The zero-order valence-corrected chi connectivity index (χ0v) is 14.8. The molecule has 2 heteroatoms. The first kappa shape index (κ1) is 20.3. The molecule has 0 saturated carbocycles. The minimum atomic E-state index is 0.518. The average molecular weight is 297 g/mol. The molecule has 0 aromatic rings. The van der Waals surface area contributed by atoms with Gasteiger partial charge in [0.05, 0.1) is 5.82 Å². The van der Waals surface area contributed by atoms with Gasteiger partial charge in [-0.1, -0.05) is 90.4 Å². The zero-order valence-electron chi connectivity index (χ0n) is 14.8. The first-order valence-electron chi connectivity index (χ1n) is 9.39. The maximum absolute atomic E-state index is 5.55. The summed E-state index contributed by atoms with van der Waals surface area (Å²) in [4.78, 5) is 0. The Morgan fingerprint density at radius 2 is 0.905 bits per heavy atom. The Kier molecular flexibility index (Phi) is 15.2. The van der Waals surface area contributed by atoms with Crippen molar-refractivity contribution < 1.29 is 0 Å². The van der Waals surface area contributed by atoms with Gasteiger partial charge in [-0.05, 0) is 25.3 Å². The minimum absolute atomic E-state index is 0.518. The van der Waals surface area contributed by atoms with Gasteiger partial charge in [0.25, 0.3) is 0 Å². The van der Waals surface area contributed by atoms with E-state index in [1.165, 1.54) is 89.9 Å². The Morgan fingerprint density at radius 3 is 1.24 bits per heavy atom. The van der Waals surface area contributed by atoms with Crippen LogP contribution in [0.15, 0.2) is 11.4 Å². The SMILES string of the molecule is CCCCCCCCCCCCCCCCC(C)=C(N)N. The van der Waals surface area contributed by atoms with E-state index in [-0.39, 0.29) is 0 Å². The van der Waals surface area contributed by atoms with Gasteiger partial charge in [-0.15, -0.1) is 0 Å². The summed E-state index contributed by atoms with van der Waals surface area (Å²) < 4.78 is 0. The van der Waals surface area contributed by atoms with Crippen molar-refractivity contribution in [2.45, 2.75) is 110 Å². The second kappa shape index (κ2) is 15.7. The van der Waals surface area contributed by atoms with Crippen LogP contribution >= 0.6 is 0 Å². The summed E-state index contributed by atoms with van der Waals surface area (Å²) in [5.74, 6) is 0.518. The predicted molar refractivity (Wildman–Crippen MR) is 96.0 cm³/mol. The van der Waals surface area contributed by atoms with E-state index >= 15 is 0 Å². The molecular formula is C19H40N2. The summed E-state index contributed by atoms with van der Waals surface area (Å²) in [6.07, 6.45) is 20.7. The second-order valence-corrected chi connectivity index (χ2v) is 6.58. The third kappa shape index (κ3) is 15.5. The number of unbranched alkanes of at least 4 members (excludes halogenated alkanes) is 13. The molecule has 0 bridgehead atoms. The van der Waals surface area contributed by atoms with Crippen LogP contribution in [0.25, 0.3) is 0 Å². The minimum Gasteiger partial charge on any atom is -0.386 e. The fourth-order valence-electron chi connectivity index (χ4n) is 2.73. The number of hydrogen-bond donors (Lipinski definition) is 2. The second-order valence-electron chi connectivity index (χ2n) is 6.58. The molecule has 0 heterocycles. The highest BCUT2D eigenvalue weighted by Gasteiger charge is 1.96. The summed E-state index contributed by atoms with van der Waals surface area (Å²) in [5.41, 5.74) is 12.3. The molecule has 0 spiro atoms. The van der Waals surface area contributed by atoms with E-state index in [2.05, 4.69) is 6.92 Å². The molecule has 0 aliphatic heterocycles. The fraction of sp³-hybridized carbons (Fsp3) is 0.895. The Hall–Kier alpha value is -0.660. The van der Waals surface area contributed by atoms with Gasteiger partial charge < -0.3 is 11.5 Å². The molecule has 0 saturated heterocycles. The standard InChI is InChI=1S/C19H40N2/c1-3-4-5-6-7-8-9-10-11-12-13-14-15-16-17-18(2)19(20)21/h3-17,20-21H2,1-2H3. The molecule has 0 atom stereocenters. The van der Waals surface area contributed by atoms with E-state index in [1.54, 1.807) is 0 Å². The highest BCUT2D eigenvalue weighted by Crippen LogP contribution is 2.14. The van der Waals surface area contributed by atoms with Gasteiger partial charge >= 0.3 is 0 Å². The van der Waals surface area contributed by atoms with Crippen LogP contribution in [-0.4, -0.2) is 0 Å². The van der Waals surface area contributed by atoms with Gasteiger partial charge in [0, 0.05) is 0 Å². The summed E-state index contributed by atoms with van der Waals surface area (Å²) in [6.45, 7) is 4.32. The molecule has 4 N–H and O–H groups in total. The monoisotopic (exact) mass is 296 g/mol. The third-order valence-corrected chi connectivity index (χ3v) is 4.40. The van der Waals surface area contributed by atoms with Crippen LogP contribution in [0, 0.1) is 0 Å². The van der Waals surface area contributed by atoms with Crippen LogP contribution in [0.1, 0.15) is 110 Å². The third-order valence-electron chi connectivity index (χ3n) is 4.40. The Balaban J connectivity index is 3.08. The number of nitrogens with two attached hydrogens (primary N) is 2. The van der Waals surface area contributed by atoms with Crippen molar-refractivity contribution in [3.8, 4) is 0 Å². The lowest BCUT2D eigenvalue weighted by Gasteiger charge is -2.04. The van der Waals surface area contributed by atoms with E-state index in [1.807, 2.05) is 6.92 Å². The maximum Gasteiger partial charge on any atom is 0.0922 e. The number of allylic oxidation sites excluding steroid dienone is 1. The number of hydrogen-bond acceptors (Lipinski definition) is 2. The van der Waals surface area contributed by atoms with Gasteiger partial charge in [0.15, 0.2) is 0 Å². The smallest absolute Gasteiger partial charge is 0.0922 e. The maximum atomic E-state index is 5.55. The average Bonchev–Trinajstić information content (AvgIpc) is 2.47. The van der Waals surface area contributed by atoms with Gasteiger partial charge in [0.2, 0.25) is 0 Å². The normalized spacial score (nSPS) is 10.8. The van der Waals surface area contributed by atoms with Crippen LogP contribution in [0.3, 0.4) is 0 Å². The van der Waals surface area contributed by atoms with Gasteiger partial charge in [-0.2, -0.15) is 0 Å². The molecule has 0 fully saturated rings. The van der Waals surface area contributed by atoms with Crippen molar-refractivity contribution >= 4 is 0 Å². The molecule has 21 heavy (non-hydrogen) atoms. The van der Waals surface area contributed by atoms with E-state index in [0.29, 0.717) is 5.82 Å². The van der Waals surface area contributed by atoms with Crippen LogP contribution in [0.2, 0.25) is 0 Å². The summed E-state index contributed by atoms with van der Waals surface area (Å²) in [7, 11) is 0. The Bertz CT molecular complexity index is 242. The lowest BCUT2D eigenvalue weighted by Crippen LogP contribution is -2.10. The zero-order chi connectivity index (χ0) is 15.8. The van der Waals surface area contributed by atoms with Crippen LogP contribution in [-0.2, 0) is 0 Å². The number of rotatable bonds is 15. The molecule has 0 unspecified atom stereocenters. The van der Waals surface area contributed by atoms with Crippen molar-refractivity contribution in [1.82, 2.24) is 0 Å².